The highest BCUT2D eigenvalue weighted by Crippen LogP contribution is 2.40. The lowest BCUT2D eigenvalue weighted by molar-refractivity contribution is -0.108. The van der Waals surface area contributed by atoms with Crippen LogP contribution in [0.5, 0.6) is 0 Å². The molecule has 3 unspecified atom stereocenters. The fraction of sp³-hybridized carbons (Fsp3) is 0.900. The lowest BCUT2D eigenvalue weighted by Crippen LogP contribution is -2.15. The van der Waals surface area contributed by atoms with Gasteiger partial charge in [0.15, 0.2) is 0 Å². The Bertz CT molecular complexity index is 167. The van der Waals surface area contributed by atoms with Gasteiger partial charge in [0.05, 0.1) is 12.2 Å². The molecule has 2 fully saturated rings. The van der Waals surface area contributed by atoms with Crippen molar-refractivity contribution >= 4 is 6.29 Å². The van der Waals surface area contributed by atoms with Crippen molar-refractivity contribution in [3.63, 3.8) is 0 Å². The van der Waals surface area contributed by atoms with Crippen LogP contribution in [0.4, 0.5) is 0 Å². The fourth-order valence-corrected chi connectivity index (χ4v) is 2.51. The Hall–Kier alpha value is -0.370. The predicted molar refractivity (Wildman–Crippen MR) is 45.9 cm³/mol. The van der Waals surface area contributed by atoms with Gasteiger partial charge in [-0.3, -0.25) is 0 Å². The van der Waals surface area contributed by atoms with Gasteiger partial charge in [-0.25, -0.2) is 0 Å². The molecule has 2 saturated heterocycles. The normalized spacial score (nSPS) is 38.8. The van der Waals surface area contributed by atoms with E-state index in [1.54, 1.807) is 0 Å². The molecule has 2 heteroatoms. The predicted octanol–water partition coefficient (Wildman–Crippen LogP) is 1.92. The third-order valence-corrected chi connectivity index (χ3v) is 3.13. The van der Waals surface area contributed by atoms with Gasteiger partial charge in [0.2, 0.25) is 0 Å². The zero-order valence-corrected chi connectivity index (χ0v) is 7.37. The van der Waals surface area contributed by atoms with Gasteiger partial charge >= 0.3 is 0 Å². The molecule has 12 heavy (non-hydrogen) atoms. The van der Waals surface area contributed by atoms with E-state index in [2.05, 4.69) is 0 Å². The van der Waals surface area contributed by atoms with Gasteiger partial charge in [0.25, 0.3) is 0 Å². The van der Waals surface area contributed by atoms with Crippen molar-refractivity contribution < 1.29 is 9.53 Å². The number of hydrogen-bond donors (Lipinski definition) is 0. The average molecular weight is 168 g/mol. The second-order valence-corrected chi connectivity index (χ2v) is 3.97. The van der Waals surface area contributed by atoms with Gasteiger partial charge in [-0.2, -0.15) is 0 Å². The molecule has 0 aliphatic carbocycles. The minimum Gasteiger partial charge on any atom is -0.375 e. The van der Waals surface area contributed by atoms with Gasteiger partial charge < -0.3 is 9.53 Å². The van der Waals surface area contributed by atoms with E-state index >= 15 is 0 Å². The second-order valence-electron chi connectivity index (χ2n) is 3.97. The summed E-state index contributed by atoms with van der Waals surface area (Å²) < 4.78 is 5.73. The van der Waals surface area contributed by atoms with E-state index in [-0.39, 0.29) is 0 Å². The van der Waals surface area contributed by atoms with Crippen molar-refractivity contribution in [2.75, 3.05) is 0 Å². The van der Waals surface area contributed by atoms with Crippen molar-refractivity contribution in [3.05, 3.63) is 0 Å². The number of rotatable bonds is 4. The van der Waals surface area contributed by atoms with Crippen LogP contribution in [0.15, 0.2) is 0 Å². The molecule has 2 aliphatic rings. The number of fused-ring (bicyclic) bond motifs is 2. The third kappa shape index (κ3) is 1.53. The van der Waals surface area contributed by atoms with Crippen LogP contribution < -0.4 is 0 Å². The molecule has 3 atom stereocenters. The summed E-state index contributed by atoms with van der Waals surface area (Å²) >= 11 is 0. The van der Waals surface area contributed by atoms with Crippen LogP contribution in [0.1, 0.15) is 38.5 Å². The molecule has 0 aromatic carbocycles. The van der Waals surface area contributed by atoms with Crippen molar-refractivity contribution in [1.29, 1.82) is 0 Å². The smallest absolute Gasteiger partial charge is 0.119 e. The van der Waals surface area contributed by atoms with Crippen LogP contribution >= 0.6 is 0 Å². The standard InChI is InChI=1S/C10H16O2/c11-6-2-1-3-8-7-9-4-5-10(8)12-9/h6,8-10H,1-5,7H2. The quantitative estimate of drug-likeness (QED) is 0.473. The largest absolute Gasteiger partial charge is 0.375 e. The molecule has 2 nitrogen and oxygen atoms in total. The fourth-order valence-electron chi connectivity index (χ4n) is 2.51. The van der Waals surface area contributed by atoms with Crippen LogP contribution in [0.25, 0.3) is 0 Å². The van der Waals surface area contributed by atoms with E-state index in [0.717, 1.165) is 25.0 Å². The van der Waals surface area contributed by atoms with E-state index in [9.17, 15) is 4.79 Å². The van der Waals surface area contributed by atoms with Crippen molar-refractivity contribution in [1.82, 2.24) is 0 Å². The zero-order valence-electron chi connectivity index (χ0n) is 7.37. The Morgan fingerprint density at radius 3 is 2.92 bits per heavy atom. The van der Waals surface area contributed by atoms with E-state index in [1.165, 1.54) is 25.7 Å². The van der Waals surface area contributed by atoms with E-state index in [1.807, 2.05) is 0 Å². The molecule has 0 spiro atoms. The summed E-state index contributed by atoms with van der Waals surface area (Å²) in [6, 6.07) is 0. The SMILES string of the molecule is O=CCCCC1CC2CCC1O2. The Balaban J connectivity index is 1.72. The maximum Gasteiger partial charge on any atom is 0.119 e. The summed E-state index contributed by atoms with van der Waals surface area (Å²) in [5.74, 6) is 0.767. The number of aldehydes is 1. The van der Waals surface area contributed by atoms with Crippen molar-refractivity contribution in [3.8, 4) is 0 Å². The molecular formula is C10H16O2. The first-order chi connectivity index (χ1) is 5.90. The molecule has 0 saturated carbocycles. The number of ether oxygens (including phenoxy) is 1. The molecule has 2 heterocycles. The highest BCUT2D eigenvalue weighted by Gasteiger charge is 2.39. The van der Waals surface area contributed by atoms with Gasteiger partial charge in [-0.05, 0) is 38.0 Å². The van der Waals surface area contributed by atoms with Crippen LogP contribution in [-0.2, 0) is 9.53 Å². The first kappa shape index (κ1) is 8.24. The molecule has 0 radical (unpaired) electrons. The van der Waals surface area contributed by atoms with Gasteiger partial charge in [-0.15, -0.1) is 0 Å². The van der Waals surface area contributed by atoms with E-state index in [0.29, 0.717) is 12.2 Å². The van der Waals surface area contributed by atoms with Crippen LogP contribution in [-0.4, -0.2) is 18.5 Å². The Kier molecular flexibility index (Phi) is 2.45. The van der Waals surface area contributed by atoms with Crippen LogP contribution in [0.2, 0.25) is 0 Å². The molecule has 0 N–H and O–H groups in total. The third-order valence-electron chi connectivity index (χ3n) is 3.13. The summed E-state index contributed by atoms with van der Waals surface area (Å²) in [5.41, 5.74) is 0. The van der Waals surface area contributed by atoms with Crippen molar-refractivity contribution in [2.24, 2.45) is 5.92 Å². The monoisotopic (exact) mass is 168 g/mol. The Morgan fingerprint density at radius 1 is 1.42 bits per heavy atom. The first-order valence-corrected chi connectivity index (χ1v) is 4.99. The lowest BCUT2D eigenvalue weighted by atomic mass is 9.86. The number of carbonyl (C=O) groups excluding carboxylic acids is 1. The van der Waals surface area contributed by atoms with Crippen LogP contribution in [0.3, 0.4) is 0 Å². The number of carbonyl (C=O) groups is 1. The molecule has 0 aromatic rings. The molecule has 0 amide bonds. The maximum absolute atomic E-state index is 10.1. The molecular weight excluding hydrogens is 152 g/mol. The molecule has 2 rings (SSSR count). The molecule has 0 aromatic heterocycles. The minimum absolute atomic E-state index is 0.543. The van der Waals surface area contributed by atoms with Crippen LogP contribution in [0, 0.1) is 5.92 Å². The summed E-state index contributed by atoms with van der Waals surface area (Å²) in [4.78, 5) is 10.1. The highest BCUT2D eigenvalue weighted by molar-refractivity contribution is 5.48. The van der Waals surface area contributed by atoms with Crippen molar-refractivity contribution in [2.45, 2.75) is 50.7 Å². The number of hydrogen-bond acceptors (Lipinski definition) is 2. The number of unbranched alkanes of at least 4 members (excludes halogenated alkanes) is 1. The topological polar surface area (TPSA) is 26.3 Å². The van der Waals surface area contributed by atoms with E-state index < -0.39 is 0 Å². The summed E-state index contributed by atoms with van der Waals surface area (Å²) in [5, 5.41) is 0. The summed E-state index contributed by atoms with van der Waals surface area (Å²) in [6.07, 6.45) is 8.90. The molecule has 68 valence electrons. The zero-order chi connectivity index (χ0) is 8.39. The maximum atomic E-state index is 10.1. The first-order valence-electron chi connectivity index (χ1n) is 4.99. The second kappa shape index (κ2) is 3.56. The van der Waals surface area contributed by atoms with E-state index in [4.69, 9.17) is 4.74 Å². The Labute approximate surface area is 73.3 Å². The average Bonchev–Trinajstić information content (AvgIpc) is 2.65. The summed E-state index contributed by atoms with van der Waals surface area (Å²) in [7, 11) is 0. The lowest BCUT2D eigenvalue weighted by Gasteiger charge is -2.17. The highest BCUT2D eigenvalue weighted by atomic mass is 16.5. The molecule has 2 bridgehead atoms. The van der Waals surface area contributed by atoms with Gasteiger partial charge in [0.1, 0.15) is 6.29 Å². The summed E-state index contributed by atoms with van der Waals surface area (Å²) in [6.45, 7) is 0. The Morgan fingerprint density at radius 2 is 2.33 bits per heavy atom. The van der Waals surface area contributed by atoms with Gasteiger partial charge in [-0.1, -0.05) is 0 Å². The van der Waals surface area contributed by atoms with Gasteiger partial charge in [0, 0.05) is 6.42 Å². The minimum atomic E-state index is 0.543. The molecule has 2 aliphatic heterocycles.